The van der Waals surface area contributed by atoms with Crippen LogP contribution in [0.2, 0.25) is 0 Å². The number of hydrogen-bond acceptors (Lipinski definition) is 3. The Hall–Kier alpha value is 0.160. The van der Waals surface area contributed by atoms with E-state index in [9.17, 15) is 8.42 Å². The van der Waals surface area contributed by atoms with Gasteiger partial charge in [-0.3, -0.25) is 0 Å². The lowest BCUT2D eigenvalue weighted by Gasteiger charge is -2.12. The van der Waals surface area contributed by atoms with Crippen LogP contribution < -0.4 is 4.72 Å². The van der Waals surface area contributed by atoms with Crippen LogP contribution in [0.5, 0.6) is 0 Å². The van der Waals surface area contributed by atoms with Crippen molar-refractivity contribution in [3.63, 3.8) is 0 Å². The first-order valence-electron chi connectivity index (χ1n) is 4.01. The van der Waals surface area contributed by atoms with Crippen molar-refractivity contribution in [2.75, 3.05) is 20.3 Å². The minimum absolute atomic E-state index is 0.204. The van der Waals surface area contributed by atoms with Crippen molar-refractivity contribution in [3.05, 3.63) is 0 Å². The number of sulfonamides is 1. The molecule has 13 heavy (non-hydrogen) atoms. The van der Waals surface area contributed by atoms with Crippen LogP contribution in [0.1, 0.15) is 13.8 Å². The molecule has 0 saturated carbocycles. The molecule has 0 bridgehead atoms. The third kappa shape index (κ3) is 5.46. The summed E-state index contributed by atoms with van der Waals surface area (Å²) < 4.78 is 29.6. The number of hydrogen-bond donors (Lipinski definition) is 1. The molecule has 0 heterocycles. The number of halogens is 1. The van der Waals surface area contributed by atoms with Crippen molar-refractivity contribution in [2.45, 2.75) is 24.5 Å². The first kappa shape index (κ1) is 13.2. The van der Waals surface area contributed by atoms with Gasteiger partial charge >= 0.3 is 0 Å². The third-order valence-corrected chi connectivity index (χ3v) is 3.56. The molecule has 0 radical (unpaired) electrons. The van der Waals surface area contributed by atoms with E-state index < -0.39 is 15.3 Å². The summed E-state index contributed by atoms with van der Waals surface area (Å²) in [6, 6.07) is 0. The van der Waals surface area contributed by atoms with Crippen molar-refractivity contribution in [3.8, 4) is 0 Å². The van der Waals surface area contributed by atoms with Gasteiger partial charge in [-0.15, -0.1) is 11.6 Å². The Kier molecular flexibility index (Phi) is 5.87. The van der Waals surface area contributed by atoms with E-state index in [0.29, 0.717) is 6.61 Å². The number of methoxy groups -OCH3 is 1. The highest BCUT2D eigenvalue weighted by Crippen LogP contribution is 1.99. The van der Waals surface area contributed by atoms with Crippen LogP contribution in [0, 0.1) is 0 Å². The maximum atomic E-state index is 11.2. The van der Waals surface area contributed by atoms with E-state index in [1.54, 1.807) is 13.8 Å². The second-order valence-corrected chi connectivity index (χ2v) is 5.93. The second-order valence-electron chi connectivity index (χ2n) is 2.99. The zero-order valence-corrected chi connectivity index (χ0v) is 9.65. The standard InChI is InChI=1S/C7H16ClNO3S/c1-6(2)13(10,11)9-4-7(8)5-12-3/h6-7,9H,4-5H2,1-3H3. The van der Waals surface area contributed by atoms with Gasteiger partial charge in [0.2, 0.25) is 10.0 Å². The largest absolute Gasteiger partial charge is 0.383 e. The molecular formula is C7H16ClNO3S. The van der Waals surface area contributed by atoms with Crippen molar-refractivity contribution >= 4 is 21.6 Å². The molecule has 6 heteroatoms. The Balaban J connectivity index is 3.89. The van der Waals surface area contributed by atoms with E-state index in [1.807, 2.05) is 0 Å². The van der Waals surface area contributed by atoms with Gasteiger partial charge in [0, 0.05) is 13.7 Å². The fourth-order valence-corrected chi connectivity index (χ4v) is 1.67. The molecular weight excluding hydrogens is 214 g/mol. The Morgan fingerprint density at radius 2 is 2.00 bits per heavy atom. The Morgan fingerprint density at radius 3 is 2.38 bits per heavy atom. The number of nitrogens with one attached hydrogen (secondary N) is 1. The molecule has 0 aromatic rings. The normalized spacial score (nSPS) is 14.8. The van der Waals surface area contributed by atoms with Crippen LogP contribution in [0.4, 0.5) is 0 Å². The second kappa shape index (κ2) is 5.80. The first-order chi connectivity index (χ1) is 5.90. The minimum Gasteiger partial charge on any atom is -0.383 e. The van der Waals surface area contributed by atoms with Gasteiger partial charge in [-0.2, -0.15) is 0 Å². The zero-order valence-electron chi connectivity index (χ0n) is 8.08. The Labute approximate surface area is 84.7 Å². The zero-order chi connectivity index (χ0) is 10.5. The molecule has 1 unspecified atom stereocenters. The summed E-state index contributed by atoms with van der Waals surface area (Å²) in [4.78, 5) is 0. The molecule has 0 aliphatic heterocycles. The summed E-state index contributed by atoms with van der Waals surface area (Å²) in [6.45, 7) is 3.77. The lowest BCUT2D eigenvalue weighted by Crippen LogP contribution is -2.36. The van der Waals surface area contributed by atoms with E-state index in [0.717, 1.165) is 0 Å². The summed E-state index contributed by atoms with van der Waals surface area (Å²) in [7, 11) is -1.68. The van der Waals surface area contributed by atoms with Crippen LogP contribution in [-0.4, -0.2) is 39.3 Å². The summed E-state index contributed by atoms with van der Waals surface area (Å²) in [6.07, 6.45) is 0. The third-order valence-electron chi connectivity index (χ3n) is 1.47. The van der Waals surface area contributed by atoms with E-state index in [4.69, 9.17) is 16.3 Å². The van der Waals surface area contributed by atoms with Gasteiger partial charge in [0.1, 0.15) is 0 Å². The molecule has 0 aromatic heterocycles. The highest BCUT2D eigenvalue weighted by molar-refractivity contribution is 7.90. The van der Waals surface area contributed by atoms with Crippen LogP contribution in [0.25, 0.3) is 0 Å². The Morgan fingerprint density at radius 1 is 1.46 bits per heavy atom. The van der Waals surface area contributed by atoms with Crippen molar-refractivity contribution in [1.29, 1.82) is 0 Å². The highest BCUT2D eigenvalue weighted by Gasteiger charge is 2.16. The van der Waals surface area contributed by atoms with E-state index in [2.05, 4.69) is 4.72 Å². The van der Waals surface area contributed by atoms with E-state index in [-0.39, 0.29) is 11.9 Å². The van der Waals surface area contributed by atoms with Crippen LogP contribution >= 0.6 is 11.6 Å². The van der Waals surface area contributed by atoms with Gasteiger partial charge in [-0.05, 0) is 13.8 Å². The predicted molar refractivity (Wildman–Crippen MR) is 53.6 cm³/mol. The molecule has 0 aliphatic carbocycles. The fraction of sp³-hybridized carbons (Fsp3) is 1.00. The van der Waals surface area contributed by atoms with E-state index in [1.165, 1.54) is 7.11 Å². The van der Waals surface area contributed by atoms with Gasteiger partial charge in [0.05, 0.1) is 17.2 Å². The first-order valence-corrected chi connectivity index (χ1v) is 6.00. The molecule has 0 amide bonds. The molecule has 1 atom stereocenters. The van der Waals surface area contributed by atoms with Crippen molar-refractivity contribution in [2.24, 2.45) is 0 Å². The molecule has 0 aromatic carbocycles. The maximum Gasteiger partial charge on any atom is 0.213 e. The van der Waals surface area contributed by atoms with Crippen LogP contribution in [0.15, 0.2) is 0 Å². The predicted octanol–water partition coefficient (Wildman–Crippen LogP) is 0.568. The topological polar surface area (TPSA) is 55.4 Å². The SMILES string of the molecule is COCC(Cl)CNS(=O)(=O)C(C)C. The molecule has 0 aliphatic rings. The smallest absolute Gasteiger partial charge is 0.213 e. The molecule has 4 nitrogen and oxygen atoms in total. The monoisotopic (exact) mass is 229 g/mol. The maximum absolute atomic E-state index is 11.2. The lowest BCUT2D eigenvalue weighted by atomic mass is 10.5. The number of alkyl halides is 1. The average Bonchev–Trinajstić information content (AvgIpc) is 2.01. The number of ether oxygens (including phenoxy) is 1. The van der Waals surface area contributed by atoms with Gasteiger partial charge in [0.15, 0.2) is 0 Å². The molecule has 80 valence electrons. The Bertz CT molecular complexity index is 228. The summed E-state index contributed by atoms with van der Waals surface area (Å²) >= 11 is 5.74. The lowest BCUT2D eigenvalue weighted by molar-refractivity contribution is 0.198. The molecule has 0 fully saturated rings. The summed E-state index contributed by atoms with van der Waals surface area (Å²) in [5.74, 6) is 0. The minimum atomic E-state index is -3.20. The summed E-state index contributed by atoms with van der Waals surface area (Å²) in [5, 5.41) is -0.752. The molecule has 0 spiro atoms. The van der Waals surface area contributed by atoms with Gasteiger partial charge in [-0.25, -0.2) is 13.1 Å². The molecule has 0 saturated heterocycles. The molecule has 0 rings (SSSR count). The van der Waals surface area contributed by atoms with Crippen LogP contribution in [0.3, 0.4) is 0 Å². The van der Waals surface area contributed by atoms with Gasteiger partial charge in [-0.1, -0.05) is 0 Å². The van der Waals surface area contributed by atoms with Crippen molar-refractivity contribution in [1.82, 2.24) is 4.72 Å². The fourth-order valence-electron chi connectivity index (χ4n) is 0.613. The van der Waals surface area contributed by atoms with Crippen LogP contribution in [-0.2, 0) is 14.8 Å². The van der Waals surface area contributed by atoms with E-state index >= 15 is 0 Å². The van der Waals surface area contributed by atoms with Crippen molar-refractivity contribution < 1.29 is 13.2 Å². The average molecular weight is 230 g/mol. The molecule has 1 N–H and O–H groups in total. The number of rotatable bonds is 6. The summed E-state index contributed by atoms with van der Waals surface area (Å²) in [5.41, 5.74) is 0. The van der Waals surface area contributed by atoms with Gasteiger partial charge < -0.3 is 4.74 Å². The van der Waals surface area contributed by atoms with Gasteiger partial charge in [0.25, 0.3) is 0 Å². The quantitative estimate of drug-likeness (QED) is 0.678. The highest BCUT2D eigenvalue weighted by atomic mass is 35.5.